The molecule has 0 fully saturated rings. The average molecular weight is 433 g/mol. The van der Waals surface area contributed by atoms with Gasteiger partial charge in [0.2, 0.25) is 0 Å². The number of allylic oxidation sites excluding steroid dienone is 1. The predicted molar refractivity (Wildman–Crippen MR) is 120 cm³/mol. The van der Waals surface area contributed by atoms with Crippen molar-refractivity contribution in [3.63, 3.8) is 0 Å². The van der Waals surface area contributed by atoms with E-state index < -0.39 is 6.10 Å². The van der Waals surface area contributed by atoms with Crippen LogP contribution in [0.3, 0.4) is 0 Å². The Balaban J connectivity index is 2.10. The Labute approximate surface area is 186 Å². The highest BCUT2D eigenvalue weighted by atomic mass is 16.7. The maximum atomic E-state index is 11.6. The minimum absolute atomic E-state index is 0.171. The van der Waals surface area contributed by atoms with Crippen molar-refractivity contribution in [1.82, 2.24) is 0 Å². The van der Waals surface area contributed by atoms with Gasteiger partial charge in [0.15, 0.2) is 0 Å². The second-order valence-electron chi connectivity index (χ2n) is 7.94. The molecular formula is C25H36O6. The van der Waals surface area contributed by atoms with Gasteiger partial charge in [-0.2, -0.15) is 0 Å². The first-order valence-electron chi connectivity index (χ1n) is 10.8. The van der Waals surface area contributed by atoms with Gasteiger partial charge in [-0.15, -0.1) is 0 Å². The Morgan fingerprint density at radius 1 is 1.23 bits per heavy atom. The molecule has 6 heteroatoms. The Morgan fingerprint density at radius 3 is 2.68 bits per heavy atom. The van der Waals surface area contributed by atoms with Crippen LogP contribution in [-0.2, 0) is 30.3 Å². The molecule has 0 aromatic heterocycles. The molecule has 0 radical (unpaired) electrons. The van der Waals surface area contributed by atoms with Gasteiger partial charge in [0, 0.05) is 13.5 Å². The first-order valence-corrected chi connectivity index (χ1v) is 10.8. The number of benzene rings is 1. The zero-order valence-corrected chi connectivity index (χ0v) is 19.1. The summed E-state index contributed by atoms with van der Waals surface area (Å²) in [6, 6.07) is 7.83. The number of hydrogen-bond acceptors (Lipinski definition) is 6. The number of hydrogen-bond donors (Lipinski definition) is 0. The summed E-state index contributed by atoms with van der Waals surface area (Å²) in [6.07, 6.45) is 8.44. The van der Waals surface area contributed by atoms with Crippen molar-refractivity contribution in [2.45, 2.75) is 58.0 Å². The van der Waals surface area contributed by atoms with Crippen molar-refractivity contribution in [2.75, 3.05) is 27.6 Å². The zero-order chi connectivity index (χ0) is 22.5. The number of methoxy groups -OCH3 is 2. The molecule has 0 spiro atoms. The highest BCUT2D eigenvalue weighted by Crippen LogP contribution is 2.23. The fraction of sp³-hybridized carbons (Fsp3) is 0.560. The van der Waals surface area contributed by atoms with Gasteiger partial charge in [-0.25, -0.2) is 0 Å². The van der Waals surface area contributed by atoms with Gasteiger partial charge in [0.25, 0.3) is 0 Å². The fourth-order valence-electron chi connectivity index (χ4n) is 3.42. The van der Waals surface area contributed by atoms with Crippen molar-refractivity contribution in [3.8, 4) is 5.75 Å². The molecule has 1 heterocycles. The molecule has 1 aromatic rings. The normalized spacial score (nSPS) is 25.2. The summed E-state index contributed by atoms with van der Waals surface area (Å²) in [5.41, 5.74) is 2.22. The Kier molecular flexibility index (Phi) is 11.5. The number of ether oxygens (including phenoxy) is 5. The Bertz CT molecular complexity index is 696. The van der Waals surface area contributed by atoms with E-state index in [0.29, 0.717) is 19.6 Å². The van der Waals surface area contributed by atoms with E-state index >= 15 is 0 Å². The first-order chi connectivity index (χ1) is 15.0. The fourth-order valence-corrected chi connectivity index (χ4v) is 3.42. The molecule has 2 rings (SSSR count). The van der Waals surface area contributed by atoms with E-state index in [1.165, 1.54) is 0 Å². The van der Waals surface area contributed by atoms with Crippen LogP contribution in [0.4, 0.5) is 0 Å². The van der Waals surface area contributed by atoms with Crippen molar-refractivity contribution in [1.29, 1.82) is 0 Å². The summed E-state index contributed by atoms with van der Waals surface area (Å²) in [4.78, 5) is 11.6. The first kappa shape index (κ1) is 25.3. The summed E-state index contributed by atoms with van der Waals surface area (Å²) >= 11 is 0. The van der Waals surface area contributed by atoms with Crippen LogP contribution in [0.5, 0.6) is 5.75 Å². The molecule has 4 atom stereocenters. The van der Waals surface area contributed by atoms with Crippen LogP contribution in [0.2, 0.25) is 0 Å². The van der Waals surface area contributed by atoms with Crippen LogP contribution in [0, 0.1) is 5.92 Å². The van der Waals surface area contributed by atoms with Gasteiger partial charge in [-0.3, -0.25) is 0 Å². The van der Waals surface area contributed by atoms with Gasteiger partial charge < -0.3 is 28.5 Å². The van der Waals surface area contributed by atoms with E-state index in [9.17, 15) is 4.79 Å². The molecule has 0 unspecified atom stereocenters. The molecule has 0 N–H and O–H groups in total. The summed E-state index contributed by atoms with van der Waals surface area (Å²) in [7, 11) is 3.25. The van der Waals surface area contributed by atoms with Gasteiger partial charge in [-0.05, 0) is 43.4 Å². The standard InChI is InChI=1S/C25H36O6/c1-19-6-5-7-24(30-17-21-9-11-22(28-4)12-10-21)25(31-23(14-19)15-26)13-8-20(2)16-29-18-27-3/h6,8-13,15,20,23-25H,5,7,14,16-18H2,1-4H3/b13-8+,19-6-/t20-,23+,24+,25+/m0/s1. The lowest BCUT2D eigenvalue weighted by Crippen LogP contribution is -2.34. The maximum absolute atomic E-state index is 11.6. The third kappa shape index (κ3) is 9.35. The zero-order valence-electron chi connectivity index (χ0n) is 19.1. The highest BCUT2D eigenvalue weighted by molar-refractivity contribution is 5.56. The molecule has 0 aliphatic carbocycles. The lowest BCUT2D eigenvalue weighted by molar-refractivity contribution is -0.128. The van der Waals surface area contributed by atoms with Gasteiger partial charge in [0.05, 0.1) is 26.4 Å². The van der Waals surface area contributed by atoms with Crippen LogP contribution >= 0.6 is 0 Å². The second kappa shape index (κ2) is 14.1. The van der Waals surface area contributed by atoms with E-state index in [0.717, 1.165) is 36.0 Å². The van der Waals surface area contributed by atoms with Crippen molar-refractivity contribution < 1.29 is 28.5 Å². The molecule has 1 aliphatic heterocycles. The number of carbonyl (C=O) groups excluding carboxylic acids is 1. The van der Waals surface area contributed by atoms with Crippen LogP contribution in [0.25, 0.3) is 0 Å². The minimum Gasteiger partial charge on any atom is -0.497 e. The molecule has 1 aromatic carbocycles. The smallest absolute Gasteiger partial charge is 0.149 e. The Morgan fingerprint density at radius 2 is 2.00 bits per heavy atom. The van der Waals surface area contributed by atoms with Crippen LogP contribution in [0.15, 0.2) is 48.1 Å². The van der Waals surface area contributed by atoms with Gasteiger partial charge >= 0.3 is 0 Å². The van der Waals surface area contributed by atoms with Crippen molar-refractivity contribution >= 4 is 6.29 Å². The molecular weight excluding hydrogens is 396 g/mol. The topological polar surface area (TPSA) is 63.2 Å². The minimum atomic E-state index is -0.490. The Hall–Kier alpha value is -1.99. The SMILES string of the molecule is COCOC[C@@H](C)/C=C/[C@H]1O[C@@H](C=O)C/C(C)=C\CC[C@H]1OCc1ccc(OC)cc1. The summed E-state index contributed by atoms with van der Waals surface area (Å²) < 4.78 is 28.1. The maximum Gasteiger partial charge on any atom is 0.149 e. The molecule has 0 amide bonds. The molecule has 0 saturated heterocycles. The highest BCUT2D eigenvalue weighted by Gasteiger charge is 2.26. The van der Waals surface area contributed by atoms with Gasteiger partial charge in [0.1, 0.15) is 31.0 Å². The van der Waals surface area contributed by atoms with E-state index in [1.54, 1.807) is 14.2 Å². The van der Waals surface area contributed by atoms with E-state index in [1.807, 2.05) is 37.3 Å². The van der Waals surface area contributed by atoms with Crippen LogP contribution < -0.4 is 4.74 Å². The van der Waals surface area contributed by atoms with Gasteiger partial charge in [-0.1, -0.05) is 42.9 Å². The summed E-state index contributed by atoms with van der Waals surface area (Å²) in [6.45, 7) is 5.38. The monoisotopic (exact) mass is 432 g/mol. The molecule has 0 bridgehead atoms. The van der Waals surface area contributed by atoms with Crippen LogP contribution in [0.1, 0.15) is 38.7 Å². The lowest BCUT2D eigenvalue weighted by atomic mass is 10.0. The van der Waals surface area contributed by atoms with E-state index in [2.05, 4.69) is 19.1 Å². The third-order valence-electron chi connectivity index (χ3n) is 5.15. The number of rotatable bonds is 11. The van der Waals surface area contributed by atoms with Crippen LogP contribution in [-0.4, -0.2) is 52.2 Å². The van der Waals surface area contributed by atoms with E-state index in [4.69, 9.17) is 23.7 Å². The lowest BCUT2D eigenvalue weighted by Gasteiger charge is -2.27. The molecule has 6 nitrogen and oxygen atoms in total. The second-order valence-corrected chi connectivity index (χ2v) is 7.94. The molecule has 172 valence electrons. The summed E-state index contributed by atoms with van der Waals surface area (Å²) in [5.74, 6) is 0.998. The number of carbonyl (C=O) groups is 1. The quantitative estimate of drug-likeness (QED) is 0.222. The largest absolute Gasteiger partial charge is 0.497 e. The summed E-state index contributed by atoms with van der Waals surface area (Å²) in [5, 5.41) is 0. The van der Waals surface area contributed by atoms with Crippen molar-refractivity contribution in [3.05, 3.63) is 53.6 Å². The number of aldehydes is 1. The molecule has 1 aliphatic rings. The average Bonchev–Trinajstić information content (AvgIpc) is 2.85. The molecule has 0 saturated carbocycles. The van der Waals surface area contributed by atoms with E-state index in [-0.39, 0.29) is 24.9 Å². The molecule has 31 heavy (non-hydrogen) atoms. The predicted octanol–water partition coefficient (Wildman–Crippen LogP) is 4.48. The third-order valence-corrected chi connectivity index (χ3v) is 5.15. The van der Waals surface area contributed by atoms with Crippen molar-refractivity contribution in [2.24, 2.45) is 5.92 Å².